The van der Waals surface area contributed by atoms with E-state index in [1.54, 1.807) is 0 Å². The molecule has 0 aliphatic carbocycles. The van der Waals surface area contributed by atoms with Crippen LogP contribution in [0.4, 0.5) is 14.4 Å². The maximum atomic E-state index is 8.66. The molecule has 0 rings (SSSR count). The molecule has 30 heavy (non-hydrogen) atoms. The summed E-state index contributed by atoms with van der Waals surface area (Å²) in [6.45, 7) is 2.71. The minimum absolute atomic E-state index is 0.156. The van der Waals surface area contributed by atoms with Crippen molar-refractivity contribution in [3.8, 4) is 0 Å². The van der Waals surface area contributed by atoms with Crippen LogP contribution in [0.3, 0.4) is 0 Å². The summed E-state index contributed by atoms with van der Waals surface area (Å²) in [5.74, 6) is 0. The zero-order valence-corrected chi connectivity index (χ0v) is 16.7. The quantitative estimate of drug-likeness (QED) is 0.217. The van der Waals surface area contributed by atoms with E-state index in [0.717, 1.165) is 0 Å². The molecule has 0 spiro atoms. The topological polar surface area (TPSA) is 294 Å². The highest BCUT2D eigenvalue weighted by molar-refractivity contribution is 5.53. The van der Waals surface area contributed by atoms with Gasteiger partial charge < -0.3 is 61.3 Å². The molecule has 184 valence electrons. The van der Waals surface area contributed by atoms with E-state index in [1.807, 2.05) is 13.8 Å². The third-order valence-electron chi connectivity index (χ3n) is 3.51. The SMILES string of the molecule is CCC(CO)(CO)CO.CCC(CO)(CO)CO.O=C(O)O.O=C(O)O.O=C(O)O. The van der Waals surface area contributed by atoms with Gasteiger partial charge in [-0.2, -0.15) is 0 Å². The number of rotatable bonds is 8. The van der Waals surface area contributed by atoms with Crippen molar-refractivity contribution in [3.63, 3.8) is 0 Å². The fourth-order valence-electron chi connectivity index (χ4n) is 0.971. The van der Waals surface area contributed by atoms with Gasteiger partial charge in [0.25, 0.3) is 0 Å². The molecule has 0 amide bonds. The summed E-state index contributed by atoms with van der Waals surface area (Å²) >= 11 is 0. The van der Waals surface area contributed by atoms with Crippen molar-refractivity contribution in [1.29, 1.82) is 0 Å². The monoisotopic (exact) mass is 454 g/mol. The van der Waals surface area contributed by atoms with Gasteiger partial charge in [-0.15, -0.1) is 0 Å². The molecule has 0 heterocycles. The van der Waals surface area contributed by atoms with Gasteiger partial charge in [-0.3, -0.25) is 0 Å². The van der Waals surface area contributed by atoms with Crippen LogP contribution in [-0.4, -0.2) is 119 Å². The third-order valence-corrected chi connectivity index (χ3v) is 3.51. The number of aliphatic hydroxyl groups is 6. The largest absolute Gasteiger partial charge is 0.503 e. The molecule has 0 aromatic rings. The van der Waals surface area contributed by atoms with Crippen LogP contribution in [0.2, 0.25) is 0 Å². The number of hydrogen-bond donors (Lipinski definition) is 12. The second-order valence-electron chi connectivity index (χ2n) is 5.50. The Labute approximate surface area is 172 Å². The number of aliphatic hydroxyl groups excluding tert-OH is 6. The van der Waals surface area contributed by atoms with Gasteiger partial charge in [-0.25, -0.2) is 14.4 Å². The molecular formula is C15H34O15. The van der Waals surface area contributed by atoms with E-state index in [2.05, 4.69) is 0 Å². The molecule has 0 aromatic carbocycles. The Morgan fingerprint density at radius 1 is 0.467 bits per heavy atom. The van der Waals surface area contributed by atoms with Crippen LogP contribution in [0.25, 0.3) is 0 Å². The van der Waals surface area contributed by atoms with Gasteiger partial charge in [0.15, 0.2) is 0 Å². The maximum absolute atomic E-state index is 8.66. The van der Waals surface area contributed by atoms with Gasteiger partial charge in [0.1, 0.15) is 0 Å². The fraction of sp³-hybridized carbons (Fsp3) is 0.800. The van der Waals surface area contributed by atoms with E-state index < -0.39 is 29.3 Å². The predicted molar refractivity (Wildman–Crippen MR) is 99.9 cm³/mol. The van der Waals surface area contributed by atoms with Crippen molar-refractivity contribution in [1.82, 2.24) is 0 Å². The van der Waals surface area contributed by atoms with Crippen LogP contribution in [0, 0.1) is 10.8 Å². The lowest BCUT2D eigenvalue weighted by atomic mass is 9.88. The predicted octanol–water partition coefficient (Wildman–Crippen LogP) is -0.613. The molecule has 0 fully saturated rings. The Bertz CT molecular complexity index is 309. The zero-order valence-electron chi connectivity index (χ0n) is 16.7. The second kappa shape index (κ2) is 24.6. The molecule has 0 unspecified atom stereocenters. The molecule has 0 aliphatic heterocycles. The van der Waals surface area contributed by atoms with Gasteiger partial charge in [0, 0.05) is 10.8 Å². The van der Waals surface area contributed by atoms with Gasteiger partial charge in [-0.1, -0.05) is 13.8 Å². The van der Waals surface area contributed by atoms with Gasteiger partial charge in [0.05, 0.1) is 39.6 Å². The zero-order chi connectivity index (χ0) is 25.4. The van der Waals surface area contributed by atoms with E-state index in [1.165, 1.54) is 0 Å². The molecule has 0 bridgehead atoms. The van der Waals surface area contributed by atoms with Gasteiger partial charge in [0.2, 0.25) is 0 Å². The first-order valence-corrected chi connectivity index (χ1v) is 8.09. The Morgan fingerprint density at radius 2 is 0.567 bits per heavy atom. The van der Waals surface area contributed by atoms with E-state index in [4.69, 9.17) is 75.7 Å². The van der Waals surface area contributed by atoms with E-state index in [0.29, 0.717) is 12.8 Å². The minimum Gasteiger partial charge on any atom is -0.450 e. The highest BCUT2D eigenvalue weighted by atomic mass is 16.6. The van der Waals surface area contributed by atoms with Crippen molar-refractivity contribution in [2.45, 2.75) is 26.7 Å². The Morgan fingerprint density at radius 3 is 0.567 bits per heavy atom. The van der Waals surface area contributed by atoms with Crippen molar-refractivity contribution < 1.29 is 75.7 Å². The summed E-state index contributed by atoms with van der Waals surface area (Å²) in [5, 5.41) is 93.8. The lowest BCUT2D eigenvalue weighted by Gasteiger charge is -2.24. The highest BCUT2D eigenvalue weighted by Gasteiger charge is 2.25. The molecule has 12 N–H and O–H groups in total. The van der Waals surface area contributed by atoms with E-state index in [9.17, 15) is 0 Å². The fourth-order valence-corrected chi connectivity index (χ4v) is 0.971. The summed E-state index contributed by atoms with van der Waals surface area (Å²) in [6, 6.07) is 0. The second-order valence-corrected chi connectivity index (χ2v) is 5.50. The van der Waals surface area contributed by atoms with E-state index >= 15 is 0 Å². The van der Waals surface area contributed by atoms with Crippen LogP contribution in [0.5, 0.6) is 0 Å². The van der Waals surface area contributed by atoms with E-state index in [-0.39, 0.29) is 39.6 Å². The Hall–Kier alpha value is -2.43. The molecule has 0 saturated carbocycles. The van der Waals surface area contributed by atoms with Crippen molar-refractivity contribution in [2.75, 3.05) is 39.6 Å². The molecule has 15 heteroatoms. The summed E-state index contributed by atoms with van der Waals surface area (Å²) in [6.07, 6.45) is -4.31. The van der Waals surface area contributed by atoms with Crippen LogP contribution in [0.15, 0.2) is 0 Å². The van der Waals surface area contributed by atoms with Crippen molar-refractivity contribution >= 4 is 18.5 Å². The molecule has 0 saturated heterocycles. The average molecular weight is 454 g/mol. The first-order chi connectivity index (χ1) is 13.7. The number of hydrogen-bond acceptors (Lipinski definition) is 9. The first kappa shape index (κ1) is 38.2. The Balaban J connectivity index is -0.0000000923. The molecule has 15 nitrogen and oxygen atoms in total. The lowest BCUT2D eigenvalue weighted by Crippen LogP contribution is -2.32. The summed E-state index contributed by atoms with van der Waals surface area (Å²) in [5.41, 5.74) is -1.33. The molecule has 0 radical (unpaired) electrons. The summed E-state index contributed by atoms with van der Waals surface area (Å²) in [4.78, 5) is 25.7. The lowest BCUT2D eigenvalue weighted by molar-refractivity contribution is 0.00275. The standard InChI is InChI=1S/2C6H14O3.3CH2O3/c2*1-2-6(3-7,4-8)5-9;3*2-1(3)4/h2*7-9H,2-5H2,1H3;3*(H2,2,3,4). The summed E-state index contributed by atoms with van der Waals surface area (Å²) < 4.78 is 0. The third kappa shape index (κ3) is 33.2. The van der Waals surface area contributed by atoms with Crippen LogP contribution >= 0.6 is 0 Å². The molecular weight excluding hydrogens is 420 g/mol. The molecule has 0 aliphatic rings. The average Bonchev–Trinajstić information content (AvgIpc) is 2.66. The smallest absolute Gasteiger partial charge is 0.450 e. The van der Waals surface area contributed by atoms with Gasteiger partial charge >= 0.3 is 18.5 Å². The molecule has 0 aromatic heterocycles. The van der Waals surface area contributed by atoms with Crippen LogP contribution in [0.1, 0.15) is 26.7 Å². The van der Waals surface area contributed by atoms with Crippen LogP contribution in [-0.2, 0) is 0 Å². The first-order valence-electron chi connectivity index (χ1n) is 8.09. The van der Waals surface area contributed by atoms with Crippen molar-refractivity contribution in [2.24, 2.45) is 10.8 Å². The number of carboxylic acid groups (broad SMARTS) is 6. The van der Waals surface area contributed by atoms with Gasteiger partial charge in [-0.05, 0) is 12.8 Å². The summed E-state index contributed by atoms with van der Waals surface area (Å²) in [7, 11) is 0. The normalized spacial score (nSPS) is 9.60. The highest BCUT2D eigenvalue weighted by Crippen LogP contribution is 2.18. The van der Waals surface area contributed by atoms with Crippen molar-refractivity contribution in [3.05, 3.63) is 0 Å². The Kier molecular flexibility index (Phi) is 31.3. The molecule has 0 atom stereocenters. The maximum Gasteiger partial charge on any atom is 0.503 e. The number of carbonyl (C=O) groups is 3. The minimum atomic E-state index is -1.83. The van der Waals surface area contributed by atoms with Crippen LogP contribution < -0.4 is 0 Å².